The van der Waals surface area contributed by atoms with E-state index in [1.54, 1.807) is 0 Å². The highest BCUT2D eigenvalue weighted by atomic mass is 15.4. The molecule has 4 aliphatic rings. The summed E-state index contributed by atoms with van der Waals surface area (Å²) in [5.41, 5.74) is 25.1. The van der Waals surface area contributed by atoms with Crippen molar-refractivity contribution in [2.24, 2.45) is 34.8 Å². The zero-order valence-corrected chi connectivity index (χ0v) is 19.1. The lowest BCUT2D eigenvalue weighted by Gasteiger charge is -2.42. The van der Waals surface area contributed by atoms with Crippen LogP contribution in [0.1, 0.15) is 44.9 Å². The van der Waals surface area contributed by atoms with Gasteiger partial charge in [-0.15, -0.1) is 0 Å². The van der Waals surface area contributed by atoms with E-state index in [0.717, 1.165) is 43.7 Å². The Labute approximate surface area is 191 Å². The van der Waals surface area contributed by atoms with Crippen molar-refractivity contribution in [3.63, 3.8) is 0 Å². The molecule has 0 radical (unpaired) electrons. The van der Waals surface area contributed by atoms with Gasteiger partial charge in [0.15, 0.2) is 0 Å². The minimum Gasteiger partial charge on any atom is -0.340 e. The molecule has 10 heteroatoms. The summed E-state index contributed by atoms with van der Waals surface area (Å²) < 4.78 is 0. The van der Waals surface area contributed by atoms with E-state index < -0.39 is 0 Å². The number of aromatic nitrogens is 3. The fraction of sp³-hybridized carbons (Fsp3) is 0.864. The number of hydrogen-bond acceptors (Lipinski definition) is 10. The maximum Gasteiger partial charge on any atom is 0.232 e. The van der Waals surface area contributed by atoms with Gasteiger partial charge in [0.05, 0.1) is 0 Å². The maximum atomic E-state index is 6.28. The molecule has 6 atom stereocenters. The second-order valence-corrected chi connectivity index (χ2v) is 10.6. The first-order valence-corrected chi connectivity index (χ1v) is 12.5. The number of fused-ring (bicyclic) bond motifs is 1. The third-order valence-corrected chi connectivity index (χ3v) is 7.77. The van der Waals surface area contributed by atoms with Gasteiger partial charge in [-0.05, 0) is 37.5 Å². The van der Waals surface area contributed by atoms with Crippen LogP contribution in [0.4, 0.5) is 17.8 Å². The largest absolute Gasteiger partial charge is 0.340 e. The Morgan fingerprint density at radius 2 is 0.969 bits per heavy atom. The number of piperidine rings is 3. The van der Waals surface area contributed by atoms with E-state index in [1.807, 2.05) is 0 Å². The van der Waals surface area contributed by atoms with E-state index in [2.05, 4.69) is 14.7 Å². The molecule has 10 nitrogen and oxygen atoms in total. The predicted molar refractivity (Wildman–Crippen MR) is 128 cm³/mol. The van der Waals surface area contributed by atoms with Gasteiger partial charge in [-0.1, -0.05) is 19.3 Å². The highest BCUT2D eigenvalue weighted by Gasteiger charge is 2.34. The fourth-order valence-electron chi connectivity index (χ4n) is 6.23. The Hall–Kier alpha value is -1.75. The summed E-state index contributed by atoms with van der Waals surface area (Å²) in [5, 5.41) is 0. The van der Waals surface area contributed by atoms with E-state index in [4.69, 9.17) is 37.9 Å². The second kappa shape index (κ2) is 9.24. The van der Waals surface area contributed by atoms with Gasteiger partial charge in [0.1, 0.15) is 0 Å². The van der Waals surface area contributed by atoms with E-state index in [1.165, 1.54) is 32.1 Å². The van der Waals surface area contributed by atoms with Crippen LogP contribution in [0.5, 0.6) is 0 Å². The number of nitrogens with two attached hydrogens (primary N) is 4. The first kappa shape index (κ1) is 22.1. The molecular weight excluding hydrogens is 404 g/mol. The molecule has 1 aromatic heterocycles. The van der Waals surface area contributed by atoms with Crippen molar-refractivity contribution >= 4 is 17.8 Å². The van der Waals surface area contributed by atoms with Crippen LogP contribution in [-0.2, 0) is 0 Å². The van der Waals surface area contributed by atoms with Crippen molar-refractivity contribution in [3.05, 3.63) is 0 Å². The molecule has 3 saturated heterocycles. The van der Waals surface area contributed by atoms with Crippen molar-refractivity contribution in [2.75, 3.05) is 54.0 Å². The van der Waals surface area contributed by atoms with Crippen LogP contribution in [-0.4, -0.2) is 78.4 Å². The standard InChI is InChI=1S/C22H40N10/c23-16-7-17(24)11-31(10-16)21-27-20(30-6-5-14-3-1-2-4-15(14)9-30)28-22(29-21)32-12-18(25)8-19(26)13-32/h14-19H,1-13,23-26H2/t14-,15+,16-,17+,18-,19+/m0/s1. The fourth-order valence-corrected chi connectivity index (χ4v) is 6.23. The average molecular weight is 445 g/mol. The zero-order chi connectivity index (χ0) is 22.2. The SMILES string of the molecule is N[C@@H]1C[C@H](N)CN(c2nc(N3C[C@H](N)C[C@H](N)C3)nc(N3CC[C@@H]4CCCC[C@@H]4C3)n2)C1. The van der Waals surface area contributed by atoms with E-state index >= 15 is 0 Å². The smallest absolute Gasteiger partial charge is 0.232 e. The minimum absolute atomic E-state index is 0.0252. The van der Waals surface area contributed by atoms with Crippen LogP contribution < -0.4 is 37.6 Å². The summed E-state index contributed by atoms with van der Waals surface area (Å²) in [6.45, 7) is 4.87. The predicted octanol–water partition coefficient (Wildman–Crippen LogP) is -0.382. The van der Waals surface area contributed by atoms with Crippen molar-refractivity contribution < 1.29 is 0 Å². The molecule has 0 unspecified atom stereocenters. The Bertz CT molecular complexity index is 726. The number of nitrogens with zero attached hydrogens (tertiary/aromatic N) is 6. The molecule has 0 aromatic carbocycles. The lowest BCUT2D eigenvalue weighted by molar-refractivity contribution is 0.201. The molecule has 0 spiro atoms. The molecule has 1 aliphatic carbocycles. The Morgan fingerprint density at radius 1 is 0.531 bits per heavy atom. The van der Waals surface area contributed by atoms with Crippen LogP contribution in [0.2, 0.25) is 0 Å². The monoisotopic (exact) mass is 444 g/mol. The highest BCUT2D eigenvalue weighted by molar-refractivity contribution is 5.48. The van der Waals surface area contributed by atoms with Crippen LogP contribution in [0.15, 0.2) is 0 Å². The van der Waals surface area contributed by atoms with E-state index in [-0.39, 0.29) is 24.2 Å². The topological polar surface area (TPSA) is 152 Å². The first-order valence-electron chi connectivity index (χ1n) is 12.5. The lowest BCUT2D eigenvalue weighted by atomic mass is 9.75. The van der Waals surface area contributed by atoms with Crippen molar-refractivity contribution in [1.82, 2.24) is 15.0 Å². The molecule has 8 N–H and O–H groups in total. The van der Waals surface area contributed by atoms with Crippen LogP contribution in [0.3, 0.4) is 0 Å². The van der Waals surface area contributed by atoms with Crippen molar-refractivity contribution in [2.45, 2.75) is 69.1 Å². The number of anilines is 3. The summed E-state index contributed by atoms with van der Waals surface area (Å²) in [5.74, 6) is 3.73. The van der Waals surface area contributed by atoms with E-state index in [9.17, 15) is 0 Å². The summed E-state index contributed by atoms with van der Waals surface area (Å²) >= 11 is 0. The van der Waals surface area contributed by atoms with Crippen LogP contribution in [0, 0.1) is 11.8 Å². The normalized spacial score (nSPS) is 36.2. The maximum absolute atomic E-state index is 6.28. The molecule has 4 fully saturated rings. The zero-order valence-electron chi connectivity index (χ0n) is 19.1. The Kier molecular flexibility index (Phi) is 6.37. The molecule has 4 heterocycles. The van der Waals surface area contributed by atoms with Gasteiger partial charge in [0.25, 0.3) is 0 Å². The van der Waals surface area contributed by atoms with Gasteiger partial charge in [0.2, 0.25) is 17.8 Å². The van der Waals surface area contributed by atoms with Crippen molar-refractivity contribution in [3.8, 4) is 0 Å². The summed E-state index contributed by atoms with van der Waals surface area (Å²) in [6.07, 6.45) is 8.29. The van der Waals surface area contributed by atoms with Crippen molar-refractivity contribution in [1.29, 1.82) is 0 Å². The third-order valence-electron chi connectivity index (χ3n) is 7.77. The molecule has 3 aliphatic heterocycles. The Morgan fingerprint density at radius 3 is 1.47 bits per heavy atom. The molecule has 1 saturated carbocycles. The lowest BCUT2D eigenvalue weighted by Crippen LogP contribution is -2.54. The molecule has 32 heavy (non-hydrogen) atoms. The van der Waals surface area contributed by atoms with Gasteiger partial charge in [-0.3, -0.25) is 0 Å². The average Bonchev–Trinajstić information content (AvgIpc) is 2.77. The minimum atomic E-state index is 0.0252. The molecule has 5 rings (SSSR count). The summed E-state index contributed by atoms with van der Waals surface area (Å²) in [4.78, 5) is 21.4. The van der Waals surface area contributed by atoms with Crippen LogP contribution >= 0.6 is 0 Å². The van der Waals surface area contributed by atoms with Gasteiger partial charge in [-0.2, -0.15) is 15.0 Å². The van der Waals surface area contributed by atoms with Crippen LogP contribution in [0.25, 0.3) is 0 Å². The van der Waals surface area contributed by atoms with Gasteiger partial charge >= 0.3 is 0 Å². The summed E-state index contributed by atoms with van der Waals surface area (Å²) in [6, 6.07) is 0.101. The molecule has 1 aromatic rings. The molecular formula is C22H40N10. The number of rotatable bonds is 3. The second-order valence-electron chi connectivity index (χ2n) is 10.6. The quantitative estimate of drug-likeness (QED) is 0.485. The molecule has 0 bridgehead atoms. The Balaban J connectivity index is 1.45. The first-order chi connectivity index (χ1) is 15.4. The molecule has 0 amide bonds. The van der Waals surface area contributed by atoms with E-state index in [0.29, 0.717) is 38.1 Å². The summed E-state index contributed by atoms with van der Waals surface area (Å²) in [7, 11) is 0. The van der Waals surface area contributed by atoms with Gasteiger partial charge in [-0.25, -0.2) is 0 Å². The highest BCUT2D eigenvalue weighted by Crippen LogP contribution is 2.37. The molecule has 178 valence electrons. The third kappa shape index (κ3) is 4.78. The van der Waals surface area contributed by atoms with Gasteiger partial charge in [0, 0.05) is 63.4 Å². The van der Waals surface area contributed by atoms with Gasteiger partial charge < -0.3 is 37.6 Å². The number of hydrogen-bond donors (Lipinski definition) is 4.